The maximum atomic E-state index is 11.2. The van der Waals surface area contributed by atoms with Crippen LogP contribution in [0.4, 0.5) is 0 Å². The standard InChI is InChI=1S/C13H16O4/c1-8(2)7-9(12(14)15)13-16-10-5-3-4-6-11(10)17-13/h3-6,8-9,13H,7H2,1-2H3,(H,14,15). The fourth-order valence-corrected chi connectivity index (χ4v) is 1.92. The van der Waals surface area contributed by atoms with Crippen LogP contribution < -0.4 is 9.47 Å². The third-order valence-corrected chi connectivity index (χ3v) is 2.71. The lowest BCUT2D eigenvalue weighted by Gasteiger charge is -2.20. The van der Waals surface area contributed by atoms with E-state index in [-0.39, 0.29) is 5.92 Å². The Labute approximate surface area is 100 Å². The molecule has 0 saturated heterocycles. The zero-order valence-corrected chi connectivity index (χ0v) is 9.92. The molecule has 0 aromatic heterocycles. The van der Waals surface area contributed by atoms with Crippen molar-refractivity contribution in [3.63, 3.8) is 0 Å². The van der Waals surface area contributed by atoms with Crippen LogP contribution in [-0.4, -0.2) is 17.4 Å². The van der Waals surface area contributed by atoms with Crippen LogP contribution in [0.15, 0.2) is 24.3 Å². The SMILES string of the molecule is CC(C)CC(C(=O)O)C1Oc2ccccc2O1. The first-order chi connectivity index (χ1) is 8.08. The summed E-state index contributed by atoms with van der Waals surface area (Å²) in [4.78, 5) is 11.2. The first kappa shape index (κ1) is 11.8. The van der Waals surface area contributed by atoms with Gasteiger partial charge in [-0.3, -0.25) is 4.79 Å². The van der Waals surface area contributed by atoms with E-state index in [4.69, 9.17) is 9.47 Å². The number of carboxylic acid groups (broad SMARTS) is 1. The topological polar surface area (TPSA) is 55.8 Å². The summed E-state index contributed by atoms with van der Waals surface area (Å²) in [5, 5.41) is 9.20. The van der Waals surface area contributed by atoms with E-state index in [2.05, 4.69) is 0 Å². The van der Waals surface area contributed by atoms with Gasteiger partial charge in [-0.05, 0) is 24.5 Å². The number of carboxylic acids is 1. The Balaban J connectivity index is 2.11. The van der Waals surface area contributed by atoms with Gasteiger partial charge in [0, 0.05) is 0 Å². The molecule has 2 rings (SSSR count). The van der Waals surface area contributed by atoms with Crippen LogP contribution in [0.2, 0.25) is 0 Å². The van der Waals surface area contributed by atoms with Gasteiger partial charge in [-0.25, -0.2) is 0 Å². The third kappa shape index (κ3) is 2.52. The van der Waals surface area contributed by atoms with Gasteiger partial charge in [0.25, 0.3) is 6.29 Å². The molecule has 0 radical (unpaired) electrons. The lowest BCUT2D eigenvalue weighted by Crippen LogP contribution is -2.35. The molecular weight excluding hydrogens is 220 g/mol. The van der Waals surface area contributed by atoms with E-state index in [0.717, 1.165) is 0 Å². The van der Waals surface area contributed by atoms with E-state index in [1.165, 1.54) is 0 Å². The number of carbonyl (C=O) groups is 1. The molecule has 0 saturated carbocycles. The number of rotatable bonds is 4. The number of fused-ring (bicyclic) bond motifs is 1. The molecule has 1 aliphatic rings. The third-order valence-electron chi connectivity index (χ3n) is 2.71. The quantitative estimate of drug-likeness (QED) is 0.872. The second-order valence-corrected chi connectivity index (χ2v) is 4.63. The molecule has 1 N–H and O–H groups in total. The van der Waals surface area contributed by atoms with Crippen molar-refractivity contribution in [1.82, 2.24) is 0 Å². The summed E-state index contributed by atoms with van der Waals surface area (Å²) in [7, 11) is 0. The molecule has 1 aromatic carbocycles. The number of ether oxygens (including phenoxy) is 2. The van der Waals surface area contributed by atoms with Gasteiger partial charge in [-0.1, -0.05) is 26.0 Å². The summed E-state index contributed by atoms with van der Waals surface area (Å²) in [6, 6.07) is 7.23. The number of para-hydroxylation sites is 2. The molecule has 1 unspecified atom stereocenters. The monoisotopic (exact) mass is 236 g/mol. The van der Waals surface area contributed by atoms with E-state index in [9.17, 15) is 9.90 Å². The van der Waals surface area contributed by atoms with Gasteiger partial charge in [-0.15, -0.1) is 0 Å². The molecule has 1 aliphatic heterocycles. The molecule has 17 heavy (non-hydrogen) atoms. The lowest BCUT2D eigenvalue weighted by atomic mass is 9.97. The first-order valence-electron chi connectivity index (χ1n) is 5.73. The van der Waals surface area contributed by atoms with Gasteiger partial charge in [-0.2, -0.15) is 0 Å². The number of aliphatic carboxylic acids is 1. The molecule has 1 heterocycles. The molecule has 0 aliphatic carbocycles. The Morgan fingerprint density at radius 2 is 1.82 bits per heavy atom. The molecule has 0 amide bonds. The molecule has 92 valence electrons. The minimum Gasteiger partial charge on any atom is -0.481 e. The van der Waals surface area contributed by atoms with Crippen LogP contribution in [0.1, 0.15) is 20.3 Å². The maximum Gasteiger partial charge on any atom is 0.314 e. The smallest absolute Gasteiger partial charge is 0.314 e. The molecule has 0 fully saturated rings. The Morgan fingerprint density at radius 1 is 1.29 bits per heavy atom. The average Bonchev–Trinajstić information content (AvgIpc) is 2.68. The number of hydrogen-bond acceptors (Lipinski definition) is 3. The molecular formula is C13H16O4. The number of hydrogen-bond donors (Lipinski definition) is 1. The van der Waals surface area contributed by atoms with Crippen molar-refractivity contribution >= 4 is 5.97 Å². The van der Waals surface area contributed by atoms with Crippen LogP contribution in [0, 0.1) is 11.8 Å². The van der Waals surface area contributed by atoms with Gasteiger partial charge in [0.1, 0.15) is 5.92 Å². The average molecular weight is 236 g/mol. The largest absolute Gasteiger partial charge is 0.481 e. The normalized spacial score (nSPS) is 16.2. The minimum absolute atomic E-state index is 0.284. The zero-order valence-electron chi connectivity index (χ0n) is 9.92. The van der Waals surface area contributed by atoms with Crippen LogP contribution in [0.3, 0.4) is 0 Å². The Bertz CT molecular complexity index is 389. The van der Waals surface area contributed by atoms with E-state index >= 15 is 0 Å². The van der Waals surface area contributed by atoms with E-state index in [0.29, 0.717) is 17.9 Å². The van der Waals surface area contributed by atoms with Crippen LogP contribution in [0.25, 0.3) is 0 Å². The maximum absolute atomic E-state index is 11.2. The summed E-state index contributed by atoms with van der Waals surface area (Å²) in [5.74, 6) is 0.00549. The summed E-state index contributed by atoms with van der Waals surface area (Å²) in [5.41, 5.74) is 0. The van der Waals surface area contributed by atoms with Crippen molar-refractivity contribution in [1.29, 1.82) is 0 Å². The highest BCUT2D eigenvalue weighted by Crippen LogP contribution is 2.37. The van der Waals surface area contributed by atoms with Crippen molar-refractivity contribution < 1.29 is 19.4 Å². The van der Waals surface area contributed by atoms with Crippen LogP contribution in [-0.2, 0) is 4.79 Å². The highest BCUT2D eigenvalue weighted by molar-refractivity contribution is 5.70. The van der Waals surface area contributed by atoms with Crippen LogP contribution in [0.5, 0.6) is 11.5 Å². The second kappa shape index (κ2) is 4.65. The highest BCUT2D eigenvalue weighted by Gasteiger charge is 2.36. The molecule has 4 nitrogen and oxygen atoms in total. The Morgan fingerprint density at radius 3 is 2.24 bits per heavy atom. The van der Waals surface area contributed by atoms with Crippen molar-refractivity contribution in [3.8, 4) is 11.5 Å². The van der Waals surface area contributed by atoms with Crippen molar-refractivity contribution in [2.75, 3.05) is 0 Å². The molecule has 0 spiro atoms. The van der Waals surface area contributed by atoms with E-state index < -0.39 is 18.2 Å². The highest BCUT2D eigenvalue weighted by atomic mass is 16.7. The summed E-state index contributed by atoms with van der Waals surface area (Å²) >= 11 is 0. The van der Waals surface area contributed by atoms with Gasteiger partial charge in [0.2, 0.25) is 0 Å². The van der Waals surface area contributed by atoms with Crippen LogP contribution >= 0.6 is 0 Å². The van der Waals surface area contributed by atoms with Crippen molar-refractivity contribution in [2.24, 2.45) is 11.8 Å². The fourth-order valence-electron chi connectivity index (χ4n) is 1.92. The lowest BCUT2D eigenvalue weighted by molar-refractivity contribution is -0.151. The predicted octanol–water partition coefficient (Wildman–Crippen LogP) is 2.53. The summed E-state index contributed by atoms with van der Waals surface area (Å²) in [6.07, 6.45) is -0.180. The number of benzene rings is 1. The van der Waals surface area contributed by atoms with Gasteiger partial charge >= 0.3 is 5.97 Å². The molecule has 1 aromatic rings. The molecule has 4 heteroatoms. The first-order valence-corrected chi connectivity index (χ1v) is 5.73. The minimum atomic E-state index is -0.878. The van der Waals surface area contributed by atoms with Gasteiger partial charge in [0.05, 0.1) is 0 Å². The molecule has 1 atom stereocenters. The Hall–Kier alpha value is -1.71. The summed E-state index contributed by atoms with van der Waals surface area (Å²) < 4.78 is 11.1. The zero-order chi connectivity index (χ0) is 12.4. The Kier molecular flexibility index (Phi) is 3.22. The van der Waals surface area contributed by atoms with E-state index in [1.807, 2.05) is 26.0 Å². The van der Waals surface area contributed by atoms with Crippen molar-refractivity contribution in [2.45, 2.75) is 26.6 Å². The summed E-state index contributed by atoms with van der Waals surface area (Å²) in [6.45, 7) is 3.97. The van der Waals surface area contributed by atoms with Crippen molar-refractivity contribution in [3.05, 3.63) is 24.3 Å². The van der Waals surface area contributed by atoms with Gasteiger partial charge < -0.3 is 14.6 Å². The van der Waals surface area contributed by atoms with Gasteiger partial charge in [0.15, 0.2) is 11.5 Å². The van der Waals surface area contributed by atoms with E-state index in [1.54, 1.807) is 12.1 Å². The molecule has 0 bridgehead atoms. The predicted molar refractivity (Wildman–Crippen MR) is 62.1 cm³/mol. The second-order valence-electron chi connectivity index (χ2n) is 4.63. The fraction of sp³-hybridized carbons (Fsp3) is 0.462.